The Balaban J connectivity index is 0.000000267. The van der Waals surface area contributed by atoms with Crippen LogP contribution in [0.5, 0.6) is 0 Å². The summed E-state index contributed by atoms with van der Waals surface area (Å²) < 4.78 is 79.9. The van der Waals surface area contributed by atoms with E-state index < -0.39 is 93.9 Å². The van der Waals surface area contributed by atoms with Crippen LogP contribution in [0.15, 0.2) is 244 Å². The lowest BCUT2D eigenvalue weighted by atomic mass is 9.98. The Hall–Kier alpha value is -9.61. The van der Waals surface area contributed by atoms with Crippen LogP contribution in [0, 0.1) is 0 Å². The maximum absolute atomic E-state index is 14.0. The van der Waals surface area contributed by atoms with E-state index in [0.717, 1.165) is 54.9 Å². The summed E-state index contributed by atoms with van der Waals surface area (Å²) >= 11 is 0. The number of unbranched alkanes of at least 4 members (excludes halogenated alkanes) is 2. The van der Waals surface area contributed by atoms with Crippen molar-refractivity contribution >= 4 is 89.7 Å². The third-order valence-electron chi connectivity index (χ3n) is 21.6. The fraction of sp³-hybridized carbons (Fsp3) is 0.431. The molecular formula is C102H137N5O19P2Si2. The molecule has 0 bridgehead atoms. The van der Waals surface area contributed by atoms with Crippen LogP contribution in [0.2, 0.25) is 10.1 Å². The van der Waals surface area contributed by atoms with Crippen molar-refractivity contribution in [2.75, 3.05) is 79.2 Å². The number of nitrogens with one attached hydrogen (secondary N) is 4. The van der Waals surface area contributed by atoms with Crippen molar-refractivity contribution in [1.29, 1.82) is 0 Å². The number of fused-ring (bicyclic) bond motifs is 6. The highest BCUT2D eigenvalue weighted by atomic mass is 31.2. The summed E-state index contributed by atoms with van der Waals surface area (Å²) in [4.78, 5) is 76.9. The Kier molecular flexibility index (Phi) is 41.4. The van der Waals surface area contributed by atoms with Gasteiger partial charge in [-0.05, 0) is 170 Å². The quantitative estimate of drug-likeness (QED) is 0.00779. The summed E-state index contributed by atoms with van der Waals surface area (Å²) in [6, 6.07) is 72.1. The van der Waals surface area contributed by atoms with Gasteiger partial charge >= 0.3 is 32.2 Å². The lowest BCUT2D eigenvalue weighted by Crippen LogP contribution is -2.66. The Morgan fingerprint density at radius 2 is 0.769 bits per heavy atom. The number of carbonyl (C=O) groups is 6. The number of ketones is 2. The third kappa shape index (κ3) is 30.7. The first-order chi connectivity index (χ1) is 61.9. The Morgan fingerprint density at radius 3 is 1.11 bits per heavy atom. The molecule has 4 amide bonds. The molecule has 702 valence electrons. The zero-order valence-electron chi connectivity index (χ0n) is 78.7. The van der Waals surface area contributed by atoms with E-state index in [1.54, 1.807) is 26.8 Å². The molecule has 28 heteroatoms. The van der Waals surface area contributed by atoms with Gasteiger partial charge in [-0.3, -0.25) is 23.2 Å². The number of alkyl carbamates (subject to hydrolysis) is 4. The van der Waals surface area contributed by atoms with Crippen molar-refractivity contribution in [3.8, 4) is 22.3 Å². The minimum Gasteiger partial charge on any atom is -0.449 e. The van der Waals surface area contributed by atoms with Gasteiger partial charge < -0.3 is 63.2 Å². The standard InChI is InChI=1S/C48H61N2O10PSi.C38H43NO5Si.C16H33N2O4P/c1-8-31-56-61(54,57-33-30-49-45(52)60-47(2,3)4)58-35-43(50-46(53)55-34-42-40-27-17-15-25-38(40)39-26-16-18-28-41(39)42)44(51)29-19-20-32-59-62(48(5,6)7,36-21-11-9-12-22-36)37-23-13-10-14-24-37;1-38(2,3)45(28-16-6-4-7-17-28,29-18-8-5-9-19-29)44-25-15-14-24-36(41)35(26-40)39-37(42)43-27-34-32-22-12-10-20-30(32)31-21-11-13-23-33(31)34;1-9-11-20-23(18(13(2)3)14(4)5)21-12-10-17-15(19)22-16(6,7)8/h8-18,21-28,42-43H,1,19-20,29-35H2,2-7H3,(H,49,52)(H,50,53);4-13,16-23,34-35,40H,14-15,24-27H2,1-3H3,(H,39,42);9,13-14H,1,10-12H2,2-8H3,(H,17,19). The lowest BCUT2D eigenvalue weighted by molar-refractivity contribution is -0.122. The monoisotopic (exact) mass is 1850 g/mol. The third-order valence-corrected chi connectivity index (χ3v) is 35.2. The second-order valence-corrected chi connectivity index (χ2v) is 48.1. The number of phosphoric ester groups is 1. The molecule has 2 aliphatic carbocycles. The van der Waals surface area contributed by atoms with Crippen LogP contribution in [0.1, 0.15) is 183 Å². The first-order valence-corrected chi connectivity index (χ1v) is 51.2. The van der Waals surface area contributed by atoms with E-state index in [1.807, 2.05) is 142 Å². The molecule has 8 aromatic carbocycles. The molecule has 24 nitrogen and oxygen atoms in total. The summed E-state index contributed by atoms with van der Waals surface area (Å²) in [5.41, 5.74) is 7.53. The smallest absolute Gasteiger partial charge is 0.449 e. The Morgan fingerprint density at radius 1 is 0.431 bits per heavy atom. The average molecular weight is 1860 g/mol. The molecule has 0 fully saturated rings. The first kappa shape index (κ1) is 106. The molecule has 0 saturated carbocycles. The van der Waals surface area contributed by atoms with Crippen molar-refractivity contribution in [2.45, 2.75) is 207 Å². The highest BCUT2D eigenvalue weighted by Gasteiger charge is 2.52. The van der Waals surface area contributed by atoms with Crippen LogP contribution in [0.4, 0.5) is 19.2 Å². The van der Waals surface area contributed by atoms with Crippen LogP contribution >= 0.6 is 16.3 Å². The highest BCUT2D eigenvalue weighted by Crippen LogP contribution is 2.51. The maximum Gasteiger partial charge on any atom is 0.475 e. The fourth-order valence-electron chi connectivity index (χ4n) is 16.0. The normalized spacial score (nSPS) is 13.8. The van der Waals surface area contributed by atoms with Crippen LogP contribution in [0.3, 0.4) is 0 Å². The number of aliphatic hydroxyl groups is 1. The van der Waals surface area contributed by atoms with Crippen molar-refractivity contribution in [3.05, 3.63) is 266 Å². The van der Waals surface area contributed by atoms with Crippen molar-refractivity contribution in [2.24, 2.45) is 0 Å². The number of aliphatic hydroxyl groups excluding tert-OH is 1. The number of phosphoric acid groups is 1. The number of rotatable bonds is 45. The number of ether oxygens (including phenoxy) is 4. The van der Waals surface area contributed by atoms with E-state index in [-0.39, 0.29) is 79.3 Å². The van der Waals surface area contributed by atoms with E-state index in [4.69, 9.17) is 50.4 Å². The molecule has 0 saturated heterocycles. The predicted molar refractivity (Wildman–Crippen MR) is 521 cm³/mol. The number of amides is 4. The van der Waals surface area contributed by atoms with Crippen molar-refractivity contribution in [3.63, 3.8) is 0 Å². The topological polar surface area (TPSA) is 293 Å². The number of benzene rings is 8. The molecule has 4 atom stereocenters. The van der Waals surface area contributed by atoms with Gasteiger partial charge in [-0.2, -0.15) is 0 Å². The van der Waals surface area contributed by atoms with E-state index >= 15 is 0 Å². The Bertz CT molecular complexity index is 4770. The molecule has 4 unspecified atom stereocenters. The Labute approximate surface area is 773 Å². The highest BCUT2D eigenvalue weighted by molar-refractivity contribution is 7.48. The van der Waals surface area contributed by atoms with Crippen LogP contribution in [-0.4, -0.2) is 177 Å². The summed E-state index contributed by atoms with van der Waals surface area (Å²) in [5, 5.41) is 24.8. The van der Waals surface area contributed by atoms with Crippen molar-refractivity contribution in [1.82, 2.24) is 25.9 Å². The van der Waals surface area contributed by atoms with Crippen LogP contribution in [0.25, 0.3) is 22.3 Å². The second kappa shape index (κ2) is 50.9. The second-order valence-electron chi connectivity index (χ2n) is 36.3. The van der Waals surface area contributed by atoms with Gasteiger partial charge in [0.05, 0.1) is 39.6 Å². The van der Waals surface area contributed by atoms with Gasteiger partial charge in [-0.25, -0.2) is 28.4 Å². The minimum atomic E-state index is -4.33. The SMILES string of the molecule is C=CCOP(=O)(OCCNC(=O)OC(C)(C)C)OCC(NC(=O)OCC1c2ccccc2-c2ccccc21)C(=O)CCCCO[Si](c1ccccc1)(c1ccccc1)C(C)(C)C.C=CCOP(OCCNC(=O)OC(C)(C)C)N(C(C)C)C(C)C.CC(C)(C)[Si](OCCCCC(=O)C(CO)NC(=O)OCC1c2ccccc2-c2ccccc21)(c1ccccc1)c1ccccc1. The zero-order chi connectivity index (χ0) is 94.7. The number of carbonyl (C=O) groups excluding carboxylic acids is 6. The molecule has 0 aromatic heterocycles. The predicted octanol–water partition coefficient (Wildman–Crippen LogP) is 19.4. The van der Waals surface area contributed by atoms with E-state index in [9.17, 15) is 38.4 Å². The molecule has 2 aliphatic rings. The van der Waals surface area contributed by atoms with Gasteiger partial charge in [0.25, 0.3) is 25.2 Å². The van der Waals surface area contributed by atoms with Gasteiger partial charge in [0.1, 0.15) is 36.5 Å². The molecule has 10 rings (SSSR count). The van der Waals surface area contributed by atoms with Crippen LogP contribution in [-0.2, 0) is 64.6 Å². The zero-order valence-corrected chi connectivity index (χ0v) is 82.5. The summed E-state index contributed by atoms with van der Waals surface area (Å²) in [7, 11) is -11.0. The lowest BCUT2D eigenvalue weighted by Gasteiger charge is -2.43. The van der Waals surface area contributed by atoms with E-state index in [0.29, 0.717) is 70.7 Å². The summed E-state index contributed by atoms with van der Waals surface area (Å²) in [6.07, 6.45) is 2.94. The molecule has 8 aromatic rings. The average Bonchev–Trinajstić information content (AvgIpc) is 1.44. The molecular weight excluding hydrogens is 1720 g/mol. The maximum atomic E-state index is 14.0. The minimum absolute atomic E-state index is 0.0237. The number of Topliss-reactive ketones (excluding diaryl/α,β-unsaturated/α-hetero) is 2. The van der Waals surface area contributed by atoms with Crippen molar-refractivity contribution < 1.29 is 88.9 Å². The molecule has 0 radical (unpaired) electrons. The fourth-order valence-corrected chi connectivity index (χ4v) is 28.0. The summed E-state index contributed by atoms with van der Waals surface area (Å²) in [5.74, 6) is -0.881. The van der Waals surface area contributed by atoms with Gasteiger partial charge in [0.2, 0.25) is 0 Å². The van der Waals surface area contributed by atoms with Crippen LogP contribution < -0.4 is 42.0 Å². The molecule has 0 spiro atoms. The van der Waals surface area contributed by atoms with E-state index in [2.05, 4.69) is 205 Å². The number of hydrogen-bond acceptors (Lipinski definition) is 20. The largest absolute Gasteiger partial charge is 0.475 e. The van der Waals surface area contributed by atoms with Gasteiger partial charge in [-0.15, -0.1) is 13.2 Å². The van der Waals surface area contributed by atoms with Gasteiger partial charge in [0.15, 0.2) is 11.6 Å². The summed E-state index contributed by atoms with van der Waals surface area (Å²) in [6.45, 7) is 40.4. The molecule has 0 aliphatic heterocycles. The molecule has 130 heavy (non-hydrogen) atoms. The molecule has 0 heterocycles. The number of nitrogens with zero attached hydrogens (tertiary/aromatic N) is 1. The first-order valence-electron chi connectivity index (χ1n) is 44.8. The number of hydrogen-bond donors (Lipinski definition) is 5. The van der Waals surface area contributed by atoms with Gasteiger partial charge in [0, 0.05) is 63.1 Å². The van der Waals surface area contributed by atoms with Gasteiger partial charge in [-0.1, -0.05) is 272 Å². The molecule has 5 N–H and O–H groups in total. The van der Waals surface area contributed by atoms with E-state index in [1.165, 1.54) is 16.4 Å².